The number of hydrogen-bond acceptors (Lipinski definition) is 4. The molecule has 1 rings (SSSR count). The van der Waals surface area contributed by atoms with Crippen LogP contribution < -0.4 is 11.1 Å². The molecule has 3 N–H and O–H groups in total. The Morgan fingerprint density at radius 1 is 1.42 bits per heavy atom. The second-order valence-corrected chi connectivity index (χ2v) is 4.23. The van der Waals surface area contributed by atoms with Crippen LogP contribution in [-0.2, 0) is 9.53 Å². The minimum Gasteiger partial charge on any atom is -0.370 e. The second-order valence-electron chi connectivity index (χ2n) is 4.23. The fraction of sp³-hybridized carbons (Fsp3) is 0.385. The van der Waals surface area contributed by atoms with E-state index >= 15 is 0 Å². The standard InChI is InChI=1S/C13H19N3O3/c1-16(2)13(18)9-5-4-6-10(7-9)15-12(17)11(8-14)19-3/h4-7,11H,8,14H2,1-3H3,(H,15,17). The molecule has 0 aliphatic carbocycles. The number of nitrogens with two attached hydrogens (primary N) is 1. The van der Waals surface area contributed by atoms with Crippen LogP contribution in [0.4, 0.5) is 5.69 Å². The molecule has 0 fully saturated rings. The van der Waals surface area contributed by atoms with Gasteiger partial charge < -0.3 is 20.7 Å². The van der Waals surface area contributed by atoms with E-state index in [1.807, 2.05) is 0 Å². The molecule has 0 aliphatic heterocycles. The molecule has 0 aliphatic rings. The largest absolute Gasteiger partial charge is 0.370 e. The number of nitrogens with zero attached hydrogens (tertiary/aromatic N) is 1. The molecule has 0 saturated carbocycles. The first-order valence-electron chi connectivity index (χ1n) is 5.85. The van der Waals surface area contributed by atoms with Crippen molar-refractivity contribution in [2.45, 2.75) is 6.10 Å². The summed E-state index contributed by atoms with van der Waals surface area (Å²) in [5, 5.41) is 2.66. The predicted molar refractivity (Wildman–Crippen MR) is 72.9 cm³/mol. The molecule has 0 radical (unpaired) electrons. The van der Waals surface area contributed by atoms with Crippen molar-refractivity contribution < 1.29 is 14.3 Å². The predicted octanol–water partition coefficient (Wildman–Crippen LogP) is 0.301. The first kappa shape index (κ1) is 15.1. The number of anilines is 1. The van der Waals surface area contributed by atoms with E-state index in [4.69, 9.17) is 10.5 Å². The maximum Gasteiger partial charge on any atom is 0.254 e. The molecule has 0 bridgehead atoms. The maximum absolute atomic E-state index is 11.8. The lowest BCUT2D eigenvalue weighted by Gasteiger charge is -2.14. The zero-order chi connectivity index (χ0) is 14.4. The summed E-state index contributed by atoms with van der Waals surface area (Å²) < 4.78 is 4.94. The van der Waals surface area contributed by atoms with Crippen LogP contribution in [0, 0.1) is 0 Å². The topological polar surface area (TPSA) is 84.7 Å². The van der Waals surface area contributed by atoms with Crippen LogP contribution in [0.25, 0.3) is 0 Å². The first-order chi connectivity index (χ1) is 8.99. The van der Waals surface area contributed by atoms with Crippen LogP contribution in [-0.4, -0.2) is 50.6 Å². The van der Waals surface area contributed by atoms with Crippen LogP contribution in [0.2, 0.25) is 0 Å². The molecule has 1 aromatic carbocycles. The molecule has 0 aromatic heterocycles. The fourth-order valence-electron chi connectivity index (χ4n) is 1.52. The lowest BCUT2D eigenvalue weighted by Crippen LogP contribution is -2.36. The average Bonchev–Trinajstić information content (AvgIpc) is 2.39. The Kier molecular flexibility index (Phi) is 5.47. The number of methoxy groups -OCH3 is 1. The summed E-state index contributed by atoms with van der Waals surface area (Å²) >= 11 is 0. The molecule has 6 heteroatoms. The van der Waals surface area contributed by atoms with Gasteiger partial charge in [0.15, 0.2) is 0 Å². The summed E-state index contributed by atoms with van der Waals surface area (Å²) in [5.41, 5.74) is 6.45. The zero-order valence-electron chi connectivity index (χ0n) is 11.3. The summed E-state index contributed by atoms with van der Waals surface area (Å²) in [7, 11) is 4.76. The van der Waals surface area contributed by atoms with Crippen molar-refractivity contribution in [1.29, 1.82) is 0 Å². The van der Waals surface area contributed by atoms with Crippen molar-refractivity contribution in [2.75, 3.05) is 33.1 Å². The van der Waals surface area contributed by atoms with Gasteiger partial charge in [-0.25, -0.2) is 0 Å². The number of amides is 2. The molecule has 0 heterocycles. The molecular weight excluding hydrogens is 246 g/mol. The zero-order valence-corrected chi connectivity index (χ0v) is 11.3. The third-order valence-corrected chi connectivity index (χ3v) is 2.57. The third kappa shape index (κ3) is 4.04. The average molecular weight is 265 g/mol. The number of benzene rings is 1. The fourth-order valence-corrected chi connectivity index (χ4v) is 1.52. The molecule has 2 amide bonds. The van der Waals surface area contributed by atoms with E-state index in [0.717, 1.165) is 0 Å². The lowest BCUT2D eigenvalue weighted by atomic mass is 10.1. The van der Waals surface area contributed by atoms with Gasteiger partial charge in [0.1, 0.15) is 6.10 Å². The Labute approximate surface area is 112 Å². The third-order valence-electron chi connectivity index (χ3n) is 2.57. The van der Waals surface area contributed by atoms with E-state index in [2.05, 4.69) is 5.32 Å². The quantitative estimate of drug-likeness (QED) is 0.802. The van der Waals surface area contributed by atoms with Crippen LogP contribution in [0.3, 0.4) is 0 Å². The number of nitrogens with one attached hydrogen (secondary N) is 1. The Bertz CT molecular complexity index is 456. The second kappa shape index (κ2) is 6.86. The smallest absolute Gasteiger partial charge is 0.254 e. The molecule has 6 nitrogen and oxygen atoms in total. The molecule has 1 unspecified atom stereocenters. The number of rotatable bonds is 5. The monoisotopic (exact) mass is 265 g/mol. The number of carbonyl (C=O) groups excluding carboxylic acids is 2. The highest BCUT2D eigenvalue weighted by Crippen LogP contribution is 2.12. The van der Waals surface area contributed by atoms with Gasteiger partial charge in [-0.2, -0.15) is 0 Å². The Morgan fingerprint density at radius 3 is 2.63 bits per heavy atom. The van der Waals surface area contributed by atoms with Gasteiger partial charge in [0, 0.05) is 39.0 Å². The minimum atomic E-state index is -0.701. The van der Waals surface area contributed by atoms with E-state index in [9.17, 15) is 9.59 Å². The van der Waals surface area contributed by atoms with Crippen molar-refractivity contribution in [2.24, 2.45) is 5.73 Å². The van der Waals surface area contributed by atoms with Gasteiger partial charge in [0.25, 0.3) is 11.8 Å². The van der Waals surface area contributed by atoms with Crippen LogP contribution in [0.5, 0.6) is 0 Å². The van der Waals surface area contributed by atoms with Crippen molar-refractivity contribution in [3.63, 3.8) is 0 Å². The summed E-state index contributed by atoms with van der Waals surface area (Å²) in [5.74, 6) is -0.460. The number of ether oxygens (including phenoxy) is 1. The minimum absolute atomic E-state index is 0.0959. The highest BCUT2D eigenvalue weighted by Gasteiger charge is 2.16. The van der Waals surface area contributed by atoms with Crippen LogP contribution in [0.1, 0.15) is 10.4 Å². The normalized spacial score (nSPS) is 11.8. The Hall–Kier alpha value is -1.92. The van der Waals surface area contributed by atoms with Gasteiger partial charge in [-0.05, 0) is 18.2 Å². The van der Waals surface area contributed by atoms with Gasteiger partial charge in [-0.3, -0.25) is 9.59 Å². The molecule has 1 atom stereocenters. The highest BCUT2D eigenvalue weighted by atomic mass is 16.5. The molecule has 104 valence electrons. The van der Waals surface area contributed by atoms with E-state index in [0.29, 0.717) is 11.3 Å². The van der Waals surface area contributed by atoms with Crippen LogP contribution in [0.15, 0.2) is 24.3 Å². The van der Waals surface area contributed by atoms with Crippen molar-refractivity contribution >= 4 is 17.5 Å². The Morgan fingerprint density at radius 2 is 2.11 bits per heavy atom. The van der Waals surface area contributed by atoms with Gasteiger partial charge in [-0.1, -0.05) is 6.07 Å². The van der Waals surface area contributed by atoms with E-state index in [-0.39, 0.29) is 18.4 Å². The molecule has 0 saturated heterocycles. The summed E-state index contributed by atoms with van der Waals surface area (Å²) in [6.07, 6.45) is -0.701. The lowest BCUT2D eigenvalue weighted by molar-refractivity contribution is -0.125. The highest BCUT2D eigenvalue weighted by molar-refractivity contribution is 5.98. The van der Waals surface area contributed by atoms with Crippen LogP contribution >= 0.6 is 0 Å². The molecule has 1 aromatic rings. The number of hydrogen-bond donors (Lipinski definition) is 2. The van der Waals surface area contributed by atoms with Gasteiger partial charge in [0.2, 0.25) is 0 Å². The van der Waals surface area contributed by atoms with E-state index in [1.165, 1.54) is 12.0 Å². The molecule has 19 heavy (non-hydrogen) atoms. The molecule has 0 spiro atoms. The van der Waals surface area contributed by atoms with Gasteiger partial charge >= 0.3 is 0 Å². The number of carbonyl (C=O) groups is 2. The Balaban J connectivity index is 2.83. The summed E-state index contributed by atoms with van der Waals surface area (Å²) in [6.45, 7) is 0.0959. The van der Waals surface area contributed by atoms with E-state index < -0.39 is 6.10 Å². The van der Waals surface area contributed by atoms with Gasteiger partial charge in [0.05, 0.1) is 0 Å². The SMILES string of the molecule is COC(CN)C(=O)Nc1cccc(C(=O)N(C)C)c1. The van der Waals surface area contributed by atoms with E-state index in [1.54, 1.807) is 38.4 Å². The van der Waals surface area contributed by atoms with Crippen molar-refractivity contribution in [1.82, 2.24) is 4.90 Å². The van der Waals surface area contributed by atoms with Crippen molar-refractivity contribution in [3.05, 3.63) is 29.8 Å². The summed E-state index contributed by atoms with van der Waals surface area (Å²) in [4.78, 5) is 25.0. The first-order valence-corrected chi connectivity index (χ1v) is 5.85. The summed E-state index contributed by atoms with van der Waals surface area (Å²) in [6, 6.07) is 6.71. The maximum atomic E-state index is 11.8. The molecular formula is C13H19N3O3. The van der Waals surface area contributed by atoms with Gasteiger partial charge in [-0.15, -0.1) is 0 Å². The van der Waals surface area contributed by atoms with Crippen molar-refractivity contribution in [3.8, 4) is 0 Å².